The van der Waals surface area contributed by atoms with Crippen molar-refractivity contribution in [1.29, 1.82) is 0 Å². The van der Waals surface area contributed by atoms with E-state index in [4.69, 9.17) is 0 Å². The first-order valence-corrected chi connectivity index (χ1v) is 4.40. The number of benzene rings is 1. The second kappa shape index (κ2) is 4.38. The van der Waals surface area contributed by atoms with Crippen LogP contribution in [0.2, 0.25) is 0 Å². The highest BCUT2D eigenvalue weighted by Gasteiger charge is 2.37. The molecule has 1 aromatic rings. The lowest BCUT2D eigenvalue weighted by Crippen LogP contribution is -2.20. The van der Waals surface area contributed by atoms with Crippen LogP contribution in [0.15, 0.2) is 30.3 Å². The van der Waals surface area contributed by atoms with Crippen LogP contribution >= 0.6 is 0 Å². The molecule has 1 N–H and O–H groups in total. The Morgan fingerprint density at radius 1 is 1.31 bits per heavy atom. The predicted molar refractivity (Wildman–Crippen MR) is 52.8 cm³/mol. The highest BCUT2D eigenvalue weighted by Crippen LogP contribution is 2.21. The summed E-state index contributed by atoms with van der Waals surface area (Å²) in [4.78, 5) is 10.6. The summed E-state index contributed by atoms with van der Waals surface area (Å²) in [7, 11) is 0. The van der Waals surface area contributed by atoms with Gasteiger partial charge in [-0.2, -0.15) is 13.2 Å². The molecule has 1 aromatic carbocycles. The minimum atomic E-state index is -4.96. The van der Waals surface area contributed by atoms with Gasteiger partial charge in [0.05, 0.1) is 0 Å². The van der Waals surface area contributed by atoms with E-state index in [1.54, 1.807) is 25.1 Å². The highest BCUT2D eigenvalue weighted by atomic mass is 19.4. The van der Waals surface area contributed by atoms with E-state index < -0.39 is 17.7 Å². The Labute approximate surface area is 90.0 Å². The number of alkyl halides is 3. The van der Waals surface area contributed by atoms with Gasteiger partial charge in [0.1, 0.15) is 5.76 Å². The lowest BCUT2D eigenvalue weighted by atomic mass is 10.1. The third-order valence-electron chi connectivity index (χ3n) is 1.97. The number of hydrogen-bond acceptors (Lipinski definition) is 2. The maximum Gasteiger partial charge on any atom is 0.454 e. The maximum absolute atomic E-state index is 11.9. The normalized spacial score (nSPS) is 12.6. The first-order chi connectivity index (χ1) is 7.32. The number of ketones is 1. The van der Waals surface area contributed by atoms with Crippen LogP contribution < -0.4 is 0 Å². The number of hydrogen-bond donors (Lipinski definition) is 1. The van der Waals surface area contributed by atoms with E-state index in [9.17, 15) is 23.1 Å². The SMILES string of the molecule is Cc1ccccc1/C(O)=C\C(=O)C(F)(F)F. The Morgan fingerprint density at radius 2 is 1.88 bits per heavy atom. The molecular weight excluding hydrogens is 221 g/mol. The molecule has 0 spiro atoms. The van der Waals surface area contributed by atoms with Crippen molar-refractivity contribution in [2.75, 3.05) is 0 Å². The number of aliphatic hydroxyl groups is 1. The van der Waals surface area contributed by atoms with E-state index in [0.29, 0.717) is 5.56 Å². The van der Waals surface area contributed by atoms with E-state index in [1.807, 2.05) is 0 Å². The van der Waals surface area contributed by atoms with E-state index in [0.717, 1.165) is 0 Å². The third-order valence-corrected chi connectivity index (χ3v) is 1.97. The van der Waals surface area contributed by atoms with E-state index >= 15 is 0 Å². The smallest absolute Gasteiger partial charge is 0.454 e. The molecule has 0 aliphatic carbocycles. The molecule has 0 saturated heterocycles. The Hall–Kier alpha value is -1.78. The van der Waals surface area contributed by atoms with Crippen molar-refractivity contribution in [3.8, 4) is 0 Å². The Morgan fingerprint density at radius 3 is 2.38 bits per heavy atom. The number of carbonyl (C=O) groups is 1. The zero-order valence-electron chi connectivity index (χ0n) is 8.38. The van der Waals surface area contributed by atoms with Crippen LogP contribution in [0.4, 0.5) is 13.2 Å². The minimum Gasteiger partial charge on any atom is -0.507 e. The number of aliphatic hydroxyl groups excluding tert-OH is 1. The van der Waals surface area contributed by atoms with Gasteiger partial charge in [0.15, 0.2) is 0 Å². The average molecular weight is 230 g/mol. The van der Waals surface area contributed by atoms with Gasteiger partial charge in [-0.3, -0.25) is 4.79 Å². The van der Waals surface area contributed by atoms with Gasteiger partial charge in [0.25, 0.3) is 5.78 Å². The zero-order chi connectivity index (χ0) is 12.3. The molecule has 0 saturated carbocycles. The van der Waals surface area contributed by atoms with Crippen molar-refractivity contribution in [1.82, 2.24) is 0 Å². The number of allylic oxidation sites excluding steroid dienone is 1. The Kier molecular flexibility index (Phi) is 3.37. The number of carbonyl (C=O) groups excluding carboxylic acids is 1. The zero-order valence-corrected chi connectivity index (χ0v) is 8.38. The van der Waals surface area contributed by atoms with Gasteiger partial charge in [-0.25, -0.2) is 0 Å². The molecule has 0 amide bonds. The molecule has 0 aromatic heterocycles. The van der Waals surface area contributed by atoms with Crippen molar-refractivity contribution in [2.45, 2.75) is 13.1 Å². The van der Waals surface area contributed by atoms with E-state index in [2.05, 4.69) is 0 Å². The first kappa shape index (κ1) is 12.3. The number of rotatable bonds is 2. The fourth-order valence-corrected chi connectivity index (χ4v) is 1.14. The van der Waals surface area contributed by atoms with Gasteiger partial charge < -0.3 is 5.11 Å². The molecule has 2 nitrogen and oxygen atoms in total. The molecule has 0 bridgehead atoms. The minimum absolute atomic E-state index is 0.183. The third kappa shape index (κ3) is 2.85. The lowest BCUT2D eigenvalue weighted by molar-refractivity contribution is -0.165. The summed E-state index contributed by atoms with van der Waals surface area (Å²) >= 11 is 0. The summed E-state index contributed by atoms with van der Waals surface area (Å²) in [6.45, 7) is 1.62. The van der Waals surface area contributed by atoms with Crippen LogP contribution in [0.3, 0.4) is 0 Å². The molecular formula is C11H9F3O2. The predicted octanol–water partition coefficient (Wildman–Crippen LogP) is 3.03. The van der Waals surface area contributed by atoms with Crippen LogP contribution in [0, 0.1) is 6.92 Å². The van der Waals surface area contributed by atoms with Crippen LogP contribution in [0.25, 0.3) is 5.76 Å². The summed E-state index contributed by atoms with van der Waals surface area (Å²) < 4.78 is 35.8. The van der Waals surface area contributed by atoms with Gasteiger partial charge >= 0.3 is 6.18 Å². The molecule has 0 fully saturated rings. The quantitative estimate of drug-likeness (QED) is 0.626. The molecule has 0 aliphatic heterocycles. The lowest BCUT2D eigenvalue weighted by Gasteiger charge is -2.05. The first-order valence-electron chi connectivity index (χ1n) is 4.40. The molecule has 86 valence electrons. The van der Waals surface area contributed by atoms with Gasteiger partial charge in [0, 0.05) is 11.6 Å². The van der Waals surface area contributed by atoms with Crippen LogP contribution in [-0.2, 0) is 4.79 Å². The van der Waals surface area contributed by atoms with Crippen molar-refractivity contribution >= 4 is 11.5 Å². The van der Waals surface area contributed by atoms with Crippen molar-refractivity contribution in [2.24, 2.45) is 0 Å². The average Bonchev–Trinajstić information content (AvgIpc) is 2.16. The maximum atomic E-state index is 11.9. The number of aryl methyl sites for hydroxylation is 1. The molecule has 1 rings (SSSR count). The van der Waals surface area contributed by atoms with Gasteiger partial charge in [-0.15, -0.1) is 0 Å². The summed E-state index contributed by atoms with van der Waals surface area (Å²) in [6.07, 6.45) is -4.78. The van der Waals surface area contributed by atoms with Crippen molar-refractivity contribution in [3.63, 3.8) is 0 Å². The molecule has 0 unspecified atom stereocenters. The largest absolute Gasteiger partial charge is 0.507 e. The molecule has 0 aliphatic rings. The van der Waals surface area contributed by atoms with Crippen LogP contribution in [0.1, 0.15) is 11.1 Å². The topological polar surface area (TPSA) is 37.3 Å². The second-order valence-electron chi connectivity index (χ2n) is 3.21. The second-order valence-corrected chi connectivity index (χ2v) is 3.21. The van der Waals surface area contributed by atoms with Crippen molar-refractivity contribution in [3.05, 3.63) is 41.5 Å². The molecule has 0 atom stereocenters. The van der Waals surface area contributed by atoms with E-state index in [-0.39, 0.29) is 11.6 Å². The van der Waals surface area contributed by atoms with E-state index in [1.165, 1.54) is 6.07 Å². The fourth-order valence-electron chi connectivity index (χ4n) is 1.14. The van der Waals surface area contributed by atoms with Gasteiger partial charge in [-0.05, 0) is 12.5 Å². The molecule has 0 heterocycles. The summed E-state index contributed by atoms with van der Waals surface area (Å²) in [5.74, 6) is -2.76. The van der Waals surface area contributed by atoms with Crippen LogP contribution in [-0.4, -0.2) is 17.1 Å². The fraction of sp³-hybridized carbons (Fsp3) is 0.182. The monoisotopic (exact) mass is 230 g/mol. The summed E-state index contributed by atoms with van der Waals surface area (Å²) in [5.41, 5.74) is 0.798. The van der Waals surface area contributed by atoms with Gasteiger partial charge in [-0.1, -0.05) is 24.3 Å². The molecule has 0 radical (unpaired) electrons. The van der Waals surface area contributed by atoms with Crippen molar-refractivity contribution < 1.29 is 23.1 Å². The van der Waals surface area contributed by atoms with Crippen LogP contribution in [0.5, 0.6) is 0 Å². The Bertz CT molecular complexity index is 433. The highest BCUT2D eigenvalue weighted by molar-refractivity contribution is 5.99. The Balaban J connectivity index is 3.04. The molecule has 5 heteroatoms. The summed E-state index contributed by atoms with van der Waals surface area (Å²) in [5, 5.41) is 9.38. The standard InChI is InChI=1S/C11H9F3O2/c1-7-4-2-3-5-8(7)9(15)6-10(16)11(12,13)14/h2-6,15H,1H3/b9-6+. The summed E-state index contributed by atoms with van der Waals surface area (Å²) in [6, 6.07) is 6.30. The molecule has 16 heavy (non-hydrogen) atoms. The van der Waals surface area contributed by atoms with Gasteiger partial charge in [0.2, 0.25) is 0 Å². The number of halogens is 3.